The second kappa shape index (κ2) is 9.02. The van der Waals surface area contributed by atoms with Crippen LogP contribution in [0.5, 0.6) is 0 Å². The lowest BCUT2D eigenvalue weighted by Gasteiger charge is -2.56. The zero-order valence-electron chi connectivity index (χ0n) is 20.4. The summed E-state index contributed by atoms with van der Waals surface area (Å²) in [5.74, 6) is -2.62. The number of nitro groups is 2. The van der Waals surface area contributed by atoms with Crippen molar-refractivity contribution >= 4 is 37.6 Å². The van der Waals surface area contributed by atoms with E-state index in [9.17, 15) is 34.9 Å². The molecule has 0 aliphatic carbocycles. The Morgan fingerprint density at radius 1 is 1.26 bits per heavy atom. The van der Waals surface area contributed by atoms with Gasteiger partial charge >= 0.3 is 5.97 Å². The molecule has 2 aliphatic heterocycles. The molecule has 0 aromatic heterocycles. The van der Waals surface area contributed by atoms with E-state index in [1.165, 1.54) is 12.1 Å². The van der Waals surface area contributed by atoms with Crippen LogP contribution in [0.25, 0.3) is 0 Å². The number of thioether (sulfide) groups is 1. The molecule has 0 unspecified atom stereocenters. The van der Waals surface area contributed by atoms with E-state index in [1.807, 2.05) is 13.1 Å². The van der Waals surface area contributed by atoms with Crippen molar-refractivity contribution in [1.82, 2.24) is 4.90 Å². The van der Waals surface area contributed by atoms with E-state index in [0.717, 1.165) is 16.7 Å². The molecular formula is C22H29N3O8SSi. The monoisotopic (exact) mass is 523 g/mol. The van der Waals surface area contributed by atoms with Crippen LogP contribution in [0.3, 0.4) is 0 Å². The molecule has 1 fully saturated rings. The molecule has 13 heteroatoms. The third-order valence-corrected chi connectivity index (χ3v) is 13.1. The predicted molar refractivity (Wildman–Crippen MR) is 132 cm³/mol. The number of carboxylic acid groups (broad SMARTS) is 1. The average Bonchev–Trinajstić information content (AvgIpc) is 2.96. The molecule has 3 atom stereocenters. The van der Waals surface area contributed by atoms with Gasteiger partial charge in [0.15, 0.2) is 8.32 Å². The highest BCUT2D eigenvalue weighted by Gasteiger charge is 2.69. The first-order valence-electron chi connectivity index (χ1n) is 11.0. The van der Waals surface area contributed by atoms with Crippen molar-refractivity contribution in [2.24, 2.45) is 5.92 Å². The molecule has 0 saturated carbocycles. The summed E-state index contributed by atoms with van der Waals surface area (Å²) in [4.78, 5) is 46.7. The Hall–Kier alpha value is -2.77. The maximum Gasteiger partial charge on any atom is 0.353 e. The Morgan fingerprint density at radius 2 is 1.83 bits per heavy atom. The second-order valence-electron chi connectivity index (χ2n) is 10.3. The topological polar surface area (TPSA) is 153 Å². The number of carbonyl (C=O) groups is 2. The minimum absolute atomic E-state index is 0.000196. The highest BCUT2D eigenvalue weighted by molar-refractivity contribution is 8.04. The number of carbonyl (C=O) groups excluding carboxylic acids is 1. The number of rotatable bonds is 9. The normalized spacial score (nSPS) is 23.1. The summed E-state index contributed by atoms with van der Waals surface area (Å²) in [6.45, 7) is 11.4. The number of non-ortho nitro benzene ring substituents is 1. The van der Waals surface area contributed by atoms with Gasteiger partial charge in [0.25, 0.3) is 5.69 Å². The fraction of sp³-hybridized carbons (Fsp3) is 0.545. The molecule has 35 heavy (non-hydrogen) atoms. The third kappa shape index (κ3) is 4.71. The van der Waals surface area contributed by atoms with Crippen LogP contribution in [-0.4, -0.2) is 57.6 Å². The van der Waals surface area contributed by atoms with Gasteiger partial charge in [0.05, 0.1) is 21.9 Å². The quantitative estimate of drug-likeness (QED) is 0.219. The lowest BCUT2D eigenvalue weighted by atomic mass is 9.78. The Kier molecular flexibility index (Phi) is 6.92. The molecule has 0 radical (unpaired) electrons. The molecular weight excluding hydrogens is 494 g/mol. The van der Waals surface area contributed by atoms with Crippen molar-refractivity contribution in [1.29, 1.82) is 0 Å². The number of benzene rings is 1. The Bertz CT molecular complexity index is 1110. The van der Waals surface area contributed by atoms with Gasteiger partial charge in [0.1, 0.15) is 10.6 Å². The molecule has 2 heterocycles. The second-order valence-corrected chi connectivity index (χ2v) is 16.5. The number of β-lactam (4-membered cyclic amide) rings is 1. The van der Waals surface area contributed by atoms with E-state index in [2.05, 4.69) is 20.8 Å². The van der Waals surface area contributed by atoms with Crippen LogP contribution in [0.1, 0.15) is 33.3 Å². The van der Waals surface area contributed by atoms with E-state index < -0.39 is 53.5 Å². The zero-order chi connectivity index (χ0) is 26.5. The van der Waals surface area contributed by atoms with Gasteiger partial charge in [-0.15, -0.1) is 0 Å². The van der Waals surface area contributed by atoms with Gasteiger partial charge in [0, 0.05) is 23.5 Å². The van der Waals surface area contributed by atoms with E-state index in [1.54, 1.807) is 19.1 Å². The van der Waals surface area contributed by atoms with Gasteiger partial charge in [-0.05, 0) is 30.6 Å². The summed E-state index contributed by atoms with van der Waals surface area (Å²) in [6, 6.07) is 5.78. The van der Waals surface area contributed by atoms with Gasteiger partial charge in [-0.2, -0.15) is 0 Å². The van der Waals surface area contributed by atoms with Crippen molar-refractivity contribution < 1.29 is 29.0 Å². The van der Waals surface area contributed by atoms with Crippen molar-refractivity contribution in [3.05, 3.63) is 60.7 Å². The summed E-state index contributed by atoms with van der Waals surface area (Å²) in [5.41, 5.74) is 0.156. The Balaban J connectivity index is 2.04. The summed E-state index contributed by atoms with van der Waals surface area (Å²) < 4.78 is 6.50. The number of carboxylic acids is 1. The van der Waals surface area contributed by atoms with Crippen LogP contribution in [-0.2, 0) is 20.4 Å². The number of amides is 1. The maximum atomic E-state index is 13.4. The highest BCUT2D eigenvalue weighted by Crippen LogP contribution is 2.61. The van der Waals surface area contributed by atoms with Crippen LogP contribution in [0.2, 0.25) is 18.1 Å². The van der Waals surface area contributed by atoms with E-state index in [-0.39, 0.29) is 27.7 Å². The van der Waals surface area contributed by atoms with Crippen LogP contribution >= 0.6 is 11.8 Å². The van der Waals surface area contributed by atoms with Gasteiger partial charge in [-0.1, -0.05) is 44.7 Å². The molecule has 3 rings (SSSR count). The Labute approximate surface area is 207 Å². The van der Waals surface area contributed by atoms with Crippen molar-refractivity contribution in [3.63, 3.8) is 0 Å². The average molecular weight is 524 g/mol. The summed E-state index contributed by atoms with van der Waals surface area (Å²) in [7, 11) is -2.31. The molecule has 11 nitrogen and oxygen atoms in total. The van der Waals surface area contributed by atoms with Crippen molar-refractivity contribution in [2.75, 3.05) is 6.54 Å². The predicted octanol–water partition coefficient (Wildman–Crippen LogP) is 4.02. The minimum atomic E-state index is -2.31. The summed E-state index contributed by atoms with van der Waals surface area (Å²) >= 11 is 1.02. The van der Waals surface area contributed by atoms with Crippen molar-refractivity contribution in [3.8, 4) is 0 Å². The zero-order valence-corrected chi connectivity index (χ0v) is 22.2. The smallest absolute Gasteiger partial charge is 0.353 e. The SMILES string of the molecule is C[C@@H](O[Si](C)(C)C(C)(C)C)[C@H]1C(=O)N2C(C(=O)O)=C(C[N+](=O)[O-])S[C@]12Cc1ccc([N+](=O)[O-])cc1. The molecule has 1 amide bonds. The number of aliphatic carboxylic acids is 1. The third-order valence-electron chi connectivity index (χ3n) is 6.97. The van der Waals surface area contributed by atoms with Crippen LogP contribution in [0.15, 0.2) is 34.9 Å². The van der Waals surface area contributed by atoms with Crippen LogP contribution in [0, 0.1) is 26.1 Å². The molecule has 0 spiro atoms. The first-order valence-corrected chi connectivity index (χ1v) is 14.8. The molecule has 1 aromatic rings. The minimum Gasteiger partial charge on any atom is -0.477 e. The van der Waals surface area contributed by atoms with Crippen molar-refractivity contribution in [2.45, 2.75) is 63.2 Å². The molecule has 190 valence electrons. The molecule has 1 N–H and O–H groups in total. The number of nitrogens with zero attached hydrogens (tertiary/aromatic N) is 3. The maximum absolute atomic E-state index is 13.4. The van der Waals surface area contributed by atoms with Gasteiger partial charge in [-0.3, -0.25) is 29.9 Å². The number of nitro benzene ring substituents is 1. The van der Waals surface area contributed by atoms with E-state index >= 15 is 0 Å². The van der Waals surface area contributed by atoms with Gasteiger partial charge < -0.3 is 9.53 Å². The molecule has 1 saturated heterocycles. The highest BCUT2D eigenvalue weighted by atomic mass is 32.2. The fourth-order valence-electron chi connectivity index (χ4n) is 4.36. The van der Waals surface area contributed by atoms with Gasteiger partial charge in [-0.25, -0.2) is 4.79 Å². The van der Waals surface area contributed by atoms with Gasteiger partial charge in [0.2, 0.25) is 12.5 Å². The van der Waals surface area contributed by atoms with Crippen LogP contribution < -0.4 is 0 Å². The first-order chi connectivity index (χ1) is 16.0. The lowest BCUT2D eigenvalue weighted by molar-refractivity contribution is -0.469. The van der Waals surface area contributed by atoms with E-state index in [4.69, 9.17) is 4.43 Å². The molecule has 2 aliphatic rings. The summed E-state index contributed by atoms with van der Waals surface area (Å²) in [6.07, 6.45) is -0.426. The van der Waals surface area contributed by atoms with E-state index in [0.29, 0.717) is 5.56 Å². The number of hydrogen-bond acceptors (Lipinski definition) is 8. The number of fused-ring (bicyclic) bond motifs is 1. The lowest BCUT2D eigenvalue weighted by Crippen LogP contribution is -2.71. The number of hydrogen-bond donors (Lipinski definition) is 1. The Morgan fingerprint density at radius 3 is 2.29 bits per heavy atom. The molecule has 0 bridgehead atoms. The van der Waals surface area contributed by atoms with Crippen LogP contribution in [0.4, 0.5) is 5.69 Å². The summed E-state index contributed by atoms with van der Waals surface area (Å²) in [5, 5.41) is 32.0. The first kappa shape index (κ1) is 26.8. The largest absolute Gasteiger partial charge is 0.477 e. The molecule has 1 aromatic carbocycles. The standard InChI is InChI=1S/C22H29N3O8SSi/c1-13(33-35(5,6)21(2,3)4)17-19(26)24-18(20(27)28)16(12-23(29)30)34-22(17,24)11-14-7-9-15(10-8-14)25(31)32/h7-10,13,17H,11-12H2,1-6H3,(H,27,28)/t13-,17+,22-/m1/s1. The fourth-order valence-corrected chi connectivity index (χ4v) is 7.58.